The zero-order chi connectivity index (χ0) is 14.4. The number of anilines is 1. The number of hydrogen-bond acceptors (Lipinski definition) is 2. The van der Waals surface area contributed by atoms with Gasteiger partial charge in [0.15, 0.2) is 0 Å². The van der Waals surface area contributed by atoms with E-state index in [2.05, 4.69) is 24.5 Å². The average Bonchev–Trinajstić information content (AvgIpc) is 2.40. The third kappa shape index (κ3) is 4.43. The van der Waals surface area contributed by atoms with Crippen molar-refractivity contribution in [3.05, 3.63) is 28.8 Å². The van der Waals surface area contributed by atoms with Crippen LogP contribution in [0.4, 0.5) is 5.69 Å². The molecule has 106 valence electrons. The zero-order valence-electron chi connectivity index (χ0n) is 12.1. The van der Waals surface area contributed by atoms with Crippen LogP contribution in [0.15, 0.2) is 18.2 Å². The number of nitrogens with one attached hydrogen (secondary N) is 2. The standard InChI is InChI=1S/C15H23ClN2O/c1-5-12(6-2)18-15(19)11(4)17-14-9-7-8-13(16)10(14)3/h7-9,11-12,17H,5-6H2,1-4H3,(H,18,19). The summed E-state index contributed by atoms with van der Waals surface area (Å²) in [7, 11) is 0. The van der Waals surface area contributed by atoms with Crippen LogP contribution in [0.1, 0.15) is 39.2 Å². The molecule has 0 aliphatic heterocycles. The summed E-state index contributed by atoms with van der Waals surface area (Å²) in [6.07, 6.45) is 1.90. The van der Waals surface area contributed by atoms with Crippen molar-refractivity contribution in [2.45, 2.75) is 52.6 Å². The first-order valence-corrected chi connectivity index (χ1v) is 7.19. The minimum absolute atomic E-state index is 0.0214. The van der Waals surface area contributed by atoms with E-state index in [4.69, 9.17) is 11.6 Å². The van der Waals surface area contributed by atoms with Crippen molar-refractivity contribution in [1.29, 1.82) is 0 Å². The van der Waals surface area contributed by atoms with E-state index < -0.39 is 0 Å². The van der Waals surface area contributed by atoms with Gasteiger partial charge in [-0.3, -0.25) is 4.79 Å². The highest BCUT2D eigenvalue weighted by atomic mass is 35.5. The second kappa shape index (κ2) is 7.39. The second-order valence-corrected chi connectivity index (χ2v) is 5.21. The topological polar surface area (TPSA) is 41.1 Å². The van der Waals surface area contributed by atoms with Crippen molar-refractivity contribution in [3.8, 4) is 0 Å². The second-order valence-electron chi connectivity index (χ2n) is 4.80. The molecule has 0 saturated heterocycles. The molecule has 1 amide bonds. The molecule has 0 radical (unpaired) electrons. The molecule has 0 spiro atoms. The molecule has 3 nitrogen and oxygen atoms in total. The number of hydrogen-bond donors (Lipinski definition) is 2. The van der Waals surface area contributed by atoms with Crippen LogP contribution in [0.2, 0.25) is 5.02 Å². The molecule has 2 N–H and O–H groups in total. The van der Waals surface area contributed by atoms with Gasteiger partial charge in [0.2, 0.25) is 5.91 Å². The van der Waals surface area contributed by atoms with Gasteiger partial charge in [-0.25, -0.2) is 0 Å². The van der Waals surface area contributed by atoms with E-state index >= 15 is 0 Å². The molecule has 0 fully saturated rings. The largest absolute Gasteiger partial charge is 0.374 e. The summed E-state index contributed by atoms with van der Waals surface area (Å²) < 4.78 is 0. The number of carbonyl (C=O) groups is 1. The van der Waals surface area contributed by atoms with Crippen LogP contribution < -0.4 is 10.6 Å². The van der Waals surface area contributed by atoms with Gasteiger partial charge in [0, 0.05) is 16.8 Å². The summed E-state index contributed by atoms with van der Waals surface area (Å²) in [5.41, 5.74) is 1.87. The summed E-state index contributed by atoms with van der Waals surface area (Å²) in [4.78, 5) is 12.1. The van der Waals surface area contributed by atoms with Crippen molar-refractivity contribution in [1.82, 2.24) is 5.32 Å². The van der Waals surface area contributed by atoms with Crippen LogP contribution >= 0.6 is 11.6 Å². The van der Waals surface area contributed by atoms with E-state index in [0.29, 0.717) is 5.02 Å². The number of benzene rings is 1. The lowest BCUT2D eigenvalue weighted by Crippen LogP contribution is -2.42. The Morgan fingerprint density at radius 3 is 2.53 bits per heavy atom. The van der Waals surface area contributed by atoms with Crippen LogP contribution in [-0.2, 0) is 4.79 Å². The predicted molar refractivity (Wildman–Crippen MR) is 81.8 cm³/mol. The Bertz CT molecular complexity index is 430. The summed E-state index contributed by atoms with van der Waals surface area (Å²) >= 11 is 6.07. The quantitative estimate of drug-likeness (QED) is 0.834. The Hall–Kier alpha value is -1.22. The lowest BCUT2D eigenvalue weighted by Gasteiger charge is -2.21. The first-order valence-electron chi connectivity index (χ1n) is 6.81. The Morgan fingerprint density at radius 1 is 1.32 bits per heavy atom. The average molecular weight is 283 g/mol. The first-order chi connectivity index (χ1) is 8.99. The lowest BCUT2D eigenvalue weighted by molar-refractivity contribution is -0.122. The van der Waals surface area contributed by atoms with Crippen LogP contribution in [0.5, 0.6) is 0 Å². The van der Waals surface area contributed by atoms with E-state index in [0.717, 1.165) is 24.1 Å². The number of amides is 1. The fourth-order valence-corrected chi connectivity index (χ4v) is 2.06. The zero-order valence-corrected chi connectivity index (χ0v) is 12.8. The third-order valence-corrected chi connectivity index (χ3v) is 3.77. The smallest absolute Gasteiger partial charge is 0.242 e. The Labute approximate surface area is 120 Å². The fraction of sp³-hybridized carbons (Fsp3) is 0.533. The van der Waals surface area contributed by atoms with Gasteiger partial charge >= 0.3 is 0 Å². The maximum atomic E-state index is 12.1. The molecule has 1 unspecified atom stereocenters. The van der Waals surface area contributed by atoms with Crippen molar-refractivity contribution in [3.63, 3.8) is 0 Å². The highest BCUT2D eigenvalue weighted by molar-refractivity contribution is 6.31. The number of halogens is 1. The molecule has 1 aromatic carbocycles. The molecule has 1 rings (SSSR count). The van der Waals surface area contributed by atoms with E-state index in [9.17, 15) is 4.79 Å². The minimum atomic E-state index is -0.280. The molecule has 1 aromatic rings. The fourth-order valence-electron chi connectivity index (χ4n) is 1.88. The molecule has 0 saturated carbocycles. The summed E-state index contributed by atoms with van der Waals surface area (Å²) in [6, 6.07) is 5.62. The van der Waals surface area contributed by atoms with Gasteiger partial charge < -0.3 is 10.6 Å². The molecular weight excluding hydrogens is 260 g/mol. The molecule has 4 heteroatoms. The lowest BCUT2D eigenvalue weighted by atomic mass is 10.1. The van der Waals surface area contributed by atoms with E-state index in [1.54, 1.807) is 0 Å². The van der Waals surface area contributed by atoms with Gasteiger partial charge in [-0.1, -0.05) is 31.5 Å². The molecular formula is C15H23ClN2O. The highest BCUT2D eigenvalue weighted by Gasteiger charge is 2.16. The van der Waals surface area contributed by atoms with Crippen molar-refractivity contribution >= 4 is 23.2 Å². The van der Waals surface area contributed by atoms with Gasteiger partial charge in [0.05, 0.1) is 0 Å². The molecule has 0 heterocycles. The SMILES string of the molecule is CCC(CC)NC(=O)C(C)Nc1cccc(Cl)c1C. The van der Waals surface area contributed by atoms with Crippen molar-refractivity contribution in [2.24, 2.45) is 0 Å². The summed E-state index contributed by atoms with van der Waals surface area (Å²) in [5, 5.41) is 6.95. The van der Waals surface area contributed by atoms with Crippen LogP contribution in [-0.4, -0.2) is 18.0 Å². The summed E-state index contributed by atoms with van der Waals surface area (Å²) in [6.45, 7) is 7.95. The summed E-state index contributed by atoms with van der Waals surface area (Å²) in [5.74, 6) is 0.0214. The maximum Gasteiger partial charge on any atom is 0.242 e. The van der Waals surface area contributed by atoms with Gasteiger partial charge in [0.1, 0.15) is 6.04 Å². The normalized spacial score (nSPS) is 12.3. The highest BCUT2D eigenvalue weighted by Crippen LogP contribution is 2.23. The van der Waals surface area contributed by atoms with Gasteiger partial charge in [0.25, 0.3) is 0 Å². The monoisotopic (exact) mass is 282 g/mol. The number of carbonyl (C=O) groups excluding carboxylic acids is 1. The van der Waals surface area contributed by atoms with Crippen molar-refractivity contribution < 1.29 is 4.79 Å². The van der Waals surface area contributed by atoms with Crippen molar-refractivity contribution in [2.75, 3.05) is 5.32 Å². The predicted octanol–water partition coefficient (Wildman–Crippen LogP) is 3.75. The van der Waals surface area contributed by atoms with Crippen LogP contribution in [0, 0.1) is 6.92 Å². The molecule has 0 aromatic heterocycles. The maximum absolute atomic E-state index is 12.1. The molecule has 0 bridgehead atoms. The number of rotatable bonds is 6. The van der Waals surface area contributed by atoms with Crippen LogP contribution in [0.25, 0.3) is 0 Å². The van der Waals surface area contributed by atoms with E-state index in [-0.39, 0.29) is 18.0 Å². The molecule has 1 atom stereocenters. The molecule has 0 aliphatic rings. The Morgan fingerprint density at radius 2 is 1.95 bits per heavy atom. The van der Waals surface area contributed by atoms with E-state index in [1.165, 1.54) is 0 Å². The van der Waals surface area contributed by atoms with Gasteiger partial charge in [-0.05, 0) is 44.4 Å². The third-order valence-electron chi connectivity index (χ3n) is 3.36. The first kappa shape index (κ1) is 15.8. The van der Waals surface area contributed by atoms with E-state index in [1.807, 2.05) is 32.0 Å². The Balaban J connectivity index is 2.66. The van der Waals surface area contributed by atoms with Gasteiger partial charge in [-0.15, -0.1) is 0 Å². The molecule has 19 heavy (non-hydrogen) atoms. The van der Waals surface area contributed by atoms with Crippen LogP contribution in [0.3, 0.4) is 0 Å². The Kier molecular flexibility index (Phi) is 6.16. The molecule has 0 aliphatic carbocycles. The van der Waals surface area contributed by atoms with Gasteiger partial charge in [-0.2, -0.15) is 0 Å². The minimum Gasteiger partial charge on any atom is -0.374 e.